The standard InChI is InChI=1S/C19H23N3O3/c1-13-11-16(12-17(18(13)20)22(24)25)14-7-9-21(10-8-14)19(23)15-5-3-2-4-6-15/h2-3,7,11-12,15H,4-6,8-10,20H2,1H3/t15-/m0/s1. The van der Waals surface area contributed by atoms with Crippen LogP contribution >= 0.6 is 0 Å². The summed E-state index contributed by atoms with van der Waals surface area (Å²) in [5.41, 5.74) is 8.54. The lowest BCUT2D eigenvalue weighted by atomic mass is 9.91. The molecule has 0 saturated carbocycles. The number of carbonyl (C=O) groups excluding carboxylic acids is 1. The number of rotatable bonds is 3. The minimum atomic E-state index is -0.443. The van der Waals surface area contributed by atoms with Gasteiger partial charge in [0.1, 0.15) is 5.69 Å². The first-order valence-electron chi connectivity index (χ1n) is 8.65. The molecule has 25 heavy (non-hydrogen) atoms. The zero-order valence-corrected chi connectivity index (χ0v) is 14.4. The number of amides is 1. The summed E-state index contributed by atoms with van der Waals surface area (Å²) in [7, 11) is 0. The average Bonchev–Trinajstić information content (AvgIpc) is 2.64. The summed E-state index contributed by atoms with van der Waals surface area (Å²) in [6, 6.07) is 3.43. The van der Waals surface area contributed by atoms with Crippen LogP contribution in [0.5, 0.6) is 0 Å². The van der Waals surface area contributed by atoms with E-state index in [9.17, 15) is 14.9 Å². The van der Waals surface area contributed by atoms with Gasteiger partial charge in [-0.25, -0.2) is 0 Å². The number of anilines is 1. The van der Waals surface area contributed by atoms with Gasteiger partial charge in [0.05, 0.1) is 4.92 Å². The number of carbonyl (C=O) groups is 1. The van der Waals surface area contributed by atoms with Crippen LogP contribution in [0.1, 0.15) is 36.8 Å². The Hall–Kier alpha value is -2.63. The molecule has 6 nitrogen and oxygen atoms in total. The molecular formula is C19H23N3O3. The van der Waals surface area contributed by atoms with Crippen LogP contribution in [-0.4, -0.2) is 28.8 Å². The van der Waals surface area contributed by atoms with Crippen molar-refractivity contribution in [3.8, 4) is 0 Å². The summed E-state index contributed by atoms with van der Waals surface area (Å²) in [6.07, 6.45) is 9.66. The van der Waals surface area contributed by atoms with Gasteiger partial charge < -0.3 is 10.6 Å². The molecule has 3 rings (SSSR count). The highest BCUT2D eigenvalue weighted by Crippen LogP contribution is 2.32. The van der Waals surface area contributed by atoms with Crippen molar-refractivity contribution in [3.05, 3.63) is 51.6 Å². The minimum Gasteiger partial charge on any atom is -0.393 e. The number of nitro benzene ring substituents is 1. The molecule has 0 bridgehead atoms. The highest BCUT2D eigenvalue weighted by molar-refractivity contribution is 5.81. The van der Waals surface area contributed by atoms with E-state index in [2.05, 4.69) is 12.2 Å². The normalized spacial score (nSPS) is 20.3. The third-order valence-electron chi connectivity index (χ3n) is 5.07. The number of nitrogens with zero attached hydrogens (tertiary/aromatic N) is 2. The van der Waals surface area contributed by atoms with Gasteiger partial charge in [0.2, 0.25) is 5.91 Å². The van der Waals surface area contributed by atoms with E-state index in [1.807, 2.05) is 17.0 Å². The van der Waals surface area contributed by atoms with Crippen LogP contribution in [-0.2, 0) is 4.79 Å². The average molecular weight is 341 g/mol. The van der Waals surface area contributed by atoms with E-state index >= 15 is 0 Å². The smallest absolute Gasteiger partial charge is 0.292 e. The van der Waals surface area contributed by atoms with Crippen LogP contribution < -0.4 is 5.73 Å². The largest absolute Gasteiger partial charge is 0.393 e. The molecule has 0 unspecified atom stereocenters. The van der Waals surface area contributed by atoms with Crippen molar-refractivity contribution in [1.29, 1.82) is 0 Å². The molecule has 0 fully saturated rings. The highest BCUT2D eigenvalue weighted by Gasteiger charge is 2.26. The first-order valence-corrected chi connectivity index (χ1v) is 8.65. The first kappa shape index (κ1) is 17.2. The third kappa shape index (κ3) is 3.57. The second-order valence-electron chi connectivity index (χ2n) is 6.73. The predicted molar refractivity (Wildman–Crippen MR) is 97.9 cm³/mol. The molecule has 1 atom stereocenters. The molecule has 1 heterocycles. The van der Waals surface area contributed by atoms with Crippen LogP contribution in [0.25, 0.3) is 5.57 Å². The van der Waals surface area contributed by atoms with Gasteiger partial charge in [-0.2, -0.15) is 0 Å². The van der Waals surface area contributed by atoms with Crippen molar-refractivity contribution in [3.63, 3.8) is 0 Å². The van der Waals surface area contributed by atoms with E-state index in [1.54, 1.807) is 6.92 Å². The molecule has 132 valence electrons. The molecule has 2 N–H and O–H groups in total. The van der Waals surface area contributed by atoms with Crippen molar-refractivity contribution in [2.75, 3.05) is 18.8 Å². The van der Waals surface area contributed by atoms with Gasteiger partial charge in [-0.05, 0) is 55.4 Å². The predicted octanol–water partition coefficient (Wildman–Crippen LogP) is 3.46. The lowest BCUT2D eigenvalue weighted by Crippen LogP contribution is -2.39. The van der Waals surface area contributed by atoms with Crippen molar-refractivity contribution in [2.24, 2.45) is 5.92 Å². The van der Waals surface area contributed by atoms with Gasteiger partial charge >= 0.3 is 0 Å². The van der Waals surface area contributed by atoms with Crippen LogP contribution in [0.4, 0.5) is 11.4 Å². The topological polar surface area (TPSA) is 89.5 Å². The number of hydrogen-bond acceptors (Lipinski definition) is 4. The first-order chi connectivity index (χ1) is 12.0. The van der Waals surface area contributed by atoms with Gasteiger partial charge in [-0.1, -0.05) is 18.2 Å². The minimum absolute atomic E-state index is 0.0524. The molecule has 2 aliphatic rings. The Kier molecular flexibility index (Phi) is 4.88. The highest BCUT2D eigenvalue weighted by atomic mass is 16.6. The fourth-order valence-electron chi connectivity index (χ4n) is 3.52. The van der Waals surface area contributed by atoms with Gasteiger partial charge in [0.25, 0.3) is 5.69 Å². The van der Waals surface area contributed by atoms with Crippen molar-refractivity contribution < 1.29 is 9.72 Å². The van der Waals surface area contributed by atoms with E-state index in [0.717, 1.165) is 30.4 Å². The zero-order chi connectivity index (χ0) is 18.0. The molecule has 0 aromatic heterocycles. The number of nitro groups is 1. The summed E-state index contributed by atoms with van der Waals surface area (Å²) in [4.78, 5) is 25.2. The maximum Gasteiger partial charge on any atom is 0.292 e. The van der Waals surface area contributed by atoms with Crippen molar-refractivity contribution in [2.45, 2.75) is 32.6 Å². The molecule has 1 aliphatic heterocycles. The molecule has 0 spiro atoms. The van der Waals surface area contributed by atoms with E-state index in [4.69, 9.17) is 5.73 Å². The fraction of sp³-hybridized carbons (Fsp3) is 0.421. The van der Waals surface area contributed by atoms with Gasteiger partial charge in [-0.3, -0.25) is 14.9 Å². The molecule has 1 aromatic carbocycles. The Labute approximate surface area is 147 Å². The van der Waals surface area contributed by atoms with E-state index in [1.165, 1.54) is 6.07 Å². The molecule has 1 aliphatic carbocycles. The summed E-state index contributed by atoms with van der Waals surface area (Å²) in [5, 5.41) is 11.2. The lowest BCUT2D eigenvalue weighted by molar-refractivity contribution is -0.383. The maximum atomic E-state index is 12.6. The summed E-state index contributed by atoms with van der Waals surface area (Å²) in [5.74, 6) is 0.318. The van der Waals surface area contributed by atoms with Crippen molar-refractivity contribution in [1.82, 2.24) is 4.90 Å². The van der Waals surface area contributed by atoms with E-state index in [-0.39, 0.29) is 23.2 Å². The Morgan fingerprint density at radius 2 is 2.16 bits per heavy atom. The Bertz CT molecular complexity index is 767. The number of hydrogen-bond donors (Lipinski definition) is 1. The quantitative estimate of drug-likeness (QED) is 0.394. The molecule has 0 radical (unpaired) electrons. The molecule has 1 amide bonds. The second-order valence-corrected chi connectivity index (χ2v) is 6.73. The lowest BCUT2D eigenvalue weighted by Gasteiger charge is -2.30. The zero-order valence-electron chi connectivity index (χ0n) is 14.4. The molecule has 6 heteroatoms. The number of nitrogens with two attached hydrogens (primary N) is 1. The van der Waals surface area contributed by atoms with Gasteiger partial charge in [0, 0.05) is 25.1 Å². The summed E-state index contributed by atoms with van der Waals surface area (Å²) >= 11 is 0. The molecule has 1 aromatic rings. The van der Waals surface area contributed by atoms with Crippen LogP contribution in [0.15, 0.2) is 30.4 Å². The Morgan fingerprint density at radius 3 is 2.76 bits per heavy atom. The fourth-order valence-corrected chi connectivity index (χ4v) is 3.52. The SMILES string of the molecule is Cc1cc(C2=CCN(C(=O)[C@H]3CC=CCC3)CC2)cc([N+](=O)[O-])c1N. The summed E-state index contributed by atoms with van der Waals surface area (Å²) < 4.78 is 0. The number of allylic oxidation sites excluding steroid dienone is 2. The number of benzene rings is 1. The number of aryl methyl sites for hydroxylation is 1. The van der Waals surface area contributed by atoms with E-state index in [0.29, 0.717) is 25.1 Å². The Morgan fingerprint density at radius 1 is 1.36 bits per heavy atom. The van der Waals surface area contributed by atoms with Gasteiger partial charge in [0.15, 0.2) is 0 Å². The van der Waals surface area contributed by atoms with Crippen LogP contribution in [0.3, 0.4) is 0 Å². The third-order valence-corrected chi connectivity index (χ3v) is 5.07. The summed E-state index contributed by atoms with van der Waals surface area (Å²) in [6.45, 7) is 3.00. The van der Waals surface area contributed by atoms with Crippen molar-refractivity contribution >= 4 is 22.9 Å². The second kappa shape index (κ2) is 7.09. The van der Waals surface area contributed by atoms with Gasteiger partial charge in [-0.15, -0.1) is 0 Å². The number of nitrogen functional groups attached to an aromatic ring is 1. The monoisotopic (exact) mass is 341 g/mol. The maximum absolute atomic E-state index is 12.6. The van der Waals surface area contributed by atoms with E-state index < -0.39 is 4.92 Å². The van der Waals surface area contributed by atoms with Crippen LogP contribution in [0.2, 0.25) is 0 Å². The molecule has 0 saturated heterocycles. The Balaban J connectivity index is 1.76. The van der Waals surface area contributed by atoms with Crippen LogP contribution in [0, 0.1) is 23.0 Å². The molecular weight excluding hydrogens is 318 g/mol.